The molecule has 136 valence electrons. The van der Waals surface area contributed by atoms with E-state index in [0.717, 1.165) is 22.8 Å². The molecule has 0 radical (unpaired) electrons. The van der Waals surface area contributed by atoms with Crippen molar-refractivity contribution in [2.75, 3.05) is 11.9 Å². The Hall–Kier alpha value is -3.93. The van der Waals surface area contributed by atoms with Crippen LogP contribution in [0.5, 0.6) is 0 Å². The molecule has 0 bridgehead atoms. The van der Waals surface area contributed by atoms with E-state index < -0.39 is 0 Å². The largest absolute Gasteiger partial charge is 0.310 e. The molecule has 0 aromatic carbocycles. The lowest BCUT2D eigenvalue weighted by molar-refractivity contribution is 0.0992. The molecule has 4 rings (SSSR count). The second-order valence-electron chi connectivity index (χ2n) is 6.13. The van der Waals surface area contributed by atoms with Crippen LogP contribution in [0.4, 0.5) is 5.69 Å². The lowest BCUT2D eigenvalue weighted by Crippen LogP contribution is -2.26. The van der Waals surface area contributed by atoms with Crippen LogP contribution >= 0.6 is 0 Å². The number of carbonyl (C=O) groups excluding carboxylic acids is 1. The van der Waals surface area contributed by atoms with Crippen molar-refractivity contribution in [1.82, 2.24) is 19.9 Å². The second kappa shape index (κ2) is 7.75. The van der Waals surface area contributed by atoms with Gasteiger partial charge in [0.1, 0.15) is 0 Å². The zero-order chi connectivity index (χ0) is 19.3. The van der Waals surface area contributed by atoms with Gasteiger partial charge in [-0.2, -0.15) is 0 Å². The van der Waals surface area contributed by atoms with E-state index in [1.54, 1.807) is 48.9 Å². The molecule has 0 atom stereocenters. The smallest absolute Gasteiger partial charge is 0.259 e. The van der Waals surface area contributed by atoms with Gasteiger partial charge in [-0.15, -0.1) is 0 Å². The standard InChI is InChI=1S/C22H17N5O/c1-27(17-9-11-21(26-15-17)19-7-3-5-13-24-19)22(28)16-8-10-20(25-14-16)18-6-2-4-12-23-18/h2-15H,1H3. The maximum atomic E-state index is 12.8. The molecule has 4 aromatic rings. The van der Waals surface area contributed by atoms with Crippen molar-refractivity contribution in [3.05, 3.63) is 91.0 Å². The van der Waals surface area contributed by atoms with Gasteiger partial charge in [-0.3, -0.25) is 24.7 Å². The summed E-state index contributed by atoms with van der Waals surface area (Å²) in [6, 6.07) is 18.6. The van der Waals surface area contributed by atoms with E-state index in [2.05, 4.69) is 19.9 Å². The third-order valence-corrected chi connectivity index (χ3v) is 4.30. The molecule has 0 aliphatic heterocycles. The summed E-state index contributed by atoms with van der Waals surface area (Å²) in [6.45, 7) is 0. The van der Waals surface area contributed by atoms with Gasteiger partial charge in [0.15, 0.2) is 0 Å². The first-order chi connectivity index (χ1) is 13.7. The molecule has 28 heavy (non-hydrogen) atoms. The maximum Gasteiger partial charge on any atom is 0.259 e. The molecule has 6 heteroatoms. The van der Waals surface area contributed by atoms with Crippen LogP contribution in [0.2, 0.25) is 0 Å². The number of anilines is 1. The molecule has 0 unspecified atom stereocenters. The number of hydrogen-bond acceptors (Lipinski definition) is 5. The predicted molar refractivity (Wildman–Crippen MR) is 108 cm³/mol. The SMILES string of the molecule is CN(C(=O)c1ccc(-c2ccccn2)nc1)c1ccc(-c2ccccn2)nc1. The molecular weight excluding hydrogens is 350 g/mol. The van der Waals surface area contributed by atoms with E-state index >= 15 is 0 Å². The Labute approximate surface area is 162 Å². The summed E-state index contributed by atoms with van der Waals surface area (Å²) in [6.07, 6.45) is 6.67. The van der Waals surface area contributed by atoms with Gasteiger partial charge >= 0.3 is 0 Å². The average molecular weight is 367 g/mol. The van der Waals surface area contributed by atoms with Crippen LogP contribution in [-0.2, 0) is 0 Å². The van der Waals surface area contributed by atoms with E-state index in [0.29, 0.717) is 11.3 Å². The van der Waals surface area contributed by atoms with Gasteiger partial charge in [0, 0.05) is 25.6 Å². The summed E-state index contributed by atoms with van der Waals surface area (Å²) < 4.78 is 0. The Kier molecular flexibility index (Phi) is 4.84. The Morgan fingerprint density at radius 2 is 1.25 bits per heavy atom. The van der Waals surface area contributed by atoms with Crippen molar-refractivity contribution in [1.29, 1.82) is 0 Å². The quantitative estimate of drug-likeness (QED) is 0.547. The first kappa shape index (κ1) is 17.5. The fraction of sp³-hybridized carbons (Fsp3) is 0.0455. The summed E-state index contributed by atoms with van der Waals surface area (Å²) in [7, 11) is 1.71. The number of hydrogen-bond donors (Lipinski definition) is 0. The number of amides is 1. The third kappa shape index (κ3) is 3.61. The Bertz CT molecular complexity index is 1070. The molecule has 4 aromatic heterocycles. The van der Waals surface area contributed by atoms with Gasteiger partial charge in [0.25, 0.3) is 5.91 Å². The summed E-state index contributed by atoms with van der Waals surface area (Å²) in [4.78, 5) is 31.7. The average Bonchev–Trinajstić information content (AvgIpc) is 2.79. The van der Waals surface area contributed by atoms with Gasteiger partial charge < -0.3 is 4.90 Å². The third-order valence-electron chi connectivity index (χ3n) is 4.30. The molecular formula is C22H17N5O. The second-order valence-corrected chi connectivity index (χ2v) is 6.13. The molecule has 0 saturated heterocycles. The van der Waals surface area contributed by atoms with Crippen LogP contribution in [0.15, 0.2) is 85.5 Å². The van der Waals surface area contributed by atoms with Crippen molar-refractivity contribution in [2.24, 2.45) is 0 Å². The Balaban J connectivity index is 1.51. The number of pyridine rings is 4. The first-order valence-corrected chi connectivity index (χ1v) is 8.75. The van der Waals surface area contributed by atoms with Gasteiger partial charge in [0.2, 0.25) is 0 Å². The monoisotopic (exact) mass is 367 g/mol. The Morgan fingerprint density at radius 1 is 0.679 bits per heavy atom. The van der Waals surface area contributed by atoms with E-state index in [1.807, 2.05) is 48.5 Å². The molecule has 1 amide bonds. The van der Waals surface area contributed by atoms with Crippen molar-refractivity contribution >= 4 is 11.6 Å². The van der Waals surface area contributed by atoms with E-state index in [-0.39, 0.29) is 5.91 Å². The molecule has 0 aliphatic rings. The molecule has 0 fully saturated rings. The highest BCUT2D eigenvalue weighted by Gasteiger charge is 2.15. The molecule has 6 nitrogen and oxygen atoms in total. The maximum absolute atomic E-state index is 12.8. The molecule has 4 heterocycles. The topological polar surface area (TPSA) is 71.9 Å². The molecule has 0 N–H and O–H groups in total. The summed E-state index contributed by atoms with van der Waals surface area (Å²) in [5, 5.41) is 0. The molecule has 0 saturated carbocycles. The minimum atomic E-state index is -0.160. The van der Waals surface area contributed by atoms with Crippen LogP contribution in [0.1, 0.15) is 10.4 Å². The fourth-order valence-electron chi connectivity index (χ4n) is 2.75. The van der Waals surface area contributed by atoms with Gasteiger partial charge in [-0.05, 0) is 48.5 Å². The van der Waals surface area contributed by atoms with Crippen molar-refractivity contribution in [2.45, 2.75) is 0 Å². The van der Waals surface area contributed by atoms with Gasteiger partial charge in [0.05, 0.1) is 40.2 Å². The summed E-state index contributed by atoms with van der Waals surface area (Å²) in [5.74, 6) is -0.160. The molecule has 0 aliphatic carbocycles. The fourth-order valence-corrected chi connectivity index (χ4v) is 2.75. The first-order valence-electron chi connectivity index (χ1n) is 8.75. The van der Waals surface area contributed by atoms with Gasteiger partial charge in [-0.25, -0.2) is 0 Å². The van der Waals surface area contributed by atoms with Crippen LogP contribution in [0.25, 0.3) is 22.8 Å². The number of carbonyl (C=O) groups is 1. The number of aromatic nitrogens is 4. The number of nitrogens with zero attached hydrogens (tertiary/aromatic N) is 5. The van der Waals surface area contributed by atoms with E-state index in [1.165, 1.54) is 0 Å². The lowest BCUT2D eigenvalue weighted by atomic mass is 10.2. The van der Waals surface area contributed by atoms with Crippen LogP contribution < -0.4 is 4.90 Å². The van der Waals surface area contributed by atoms with E-state index in [9.17, 15) is 4.79 Å². The van der Waals surface area contributed by atoms with Crippen molar-refractivity contribution < 1.29 is 4.79 Å². The van der Waals surface area contributed by atoms with Gasteiger partial charge in [-0.1, -0.05) is 12.1 Å². The Morgan fingerprint density at radius 3 is 1.71 bits per heavy atom. The van der Waals surface area contributed by atoms with Crippen molar-refractivity contribution in [3.63, 3.8) is 0 Å². The minimum absolute atomic E-state index is 0.160. The molecule has 0 spiro atoms. The predicted octanol–water partition coefficient (Wildman–Crippen LogP) is 3.88. The lowest BCUT2D eigenvalue weighted by Gasteiger charge is -2.17. The highest BCUT2D eigenvalue weighted by molar-refractivity contribution is 6.05. The highest BCUT2D eigenvalue weighted by Crippen LogP contribution is 2.20. The van der Waals surface area contributed by atoms with Crippen LogP contribution in [-0.4, -0.2) is 32.9 Å². The van der Waals surface area contributed by atoms with Crippen LogP contribution in [0.3, 0.4) is 0 Å². The normalized spacial score (nSPS) is 10.5. The van der Waals surface area contributed by atoms with Crippen LogP contribution in [0, 0.1) is 0 Å². The number of rotatable bonds is 4. The zero-order valence-electron chi connectivity index (χ0n) is 15.2. The highest BCUT2D eigenvalue weighted by atomic mass is 16.2. The summed E-state index contributed by atoms with van der Waals surface area (Å²) >= 11 is 0. The minimum Gasteiger partial charge on any atom is -0.310 e. The summed E-state index contributed by atoms with van der Waals surface area (Å²) in [5.41, 5.74) is 4.23. The van der Waals surface area contributed by atoms with E-state index in [4.69, 9.17) is 0 Å². The zero-order valence-corrected chi connectivity index (χ0v) is 15.2. The van der Waals surface area contributed by atoms with Crippen molar-refractivity contribution in [3.8, 4) is 22.8 Å².